The highest BCUT2D eigenvalue weighted by atomic mass is 16.2. The Labute approximate surface area is 144 Å². The second-order valence-corrected chi connectivity index (χ2v) is 8.35. The van der Waals surface area contributed by atoms with Crippen molar-refractivity contribution in [2.45, 2.75) is 59.8 Å². The van der Waals surface area contributed by atoms with Crippen molar-refractivity contribution in [1.82, 2.24) is 0 Å². The first-order valence-corrected chi connectivity index (χ1v) is 8.79. The molecular weight excluding hydrogens is 300 g/mol. The Morgan fingerprint density at radius 2 is 1.54 bits per heavy atom. The van der Waals surface area contributed by atoms with Gasteiger partial charge >= 0.3 is 0 Å². The van der Waals surface area contributed by atoms with Crippen molar-refractivity contribution >= 4 is 17.3 Å². The summed E-state index contributed by atoms with van der Waals surface area (Å²) in [5.74, 6) is -1.61. The average molecular weight is 328 g/mol. The second kappa shape index (κ2) is 7.00. The molecule has 1 aliphatic rings. The number of carbonyl (C=O) groups excluding carboxylic acids is 3. The molecule has 1 atom stereocenters. The number of hydrogen-bond acceptors (Lipinski definition) is 3. The maximum atomic E-state index is 12.8. The Morgan fingerprint density at radius 3 is 2.00 bits per heavy atom. The van der Waals surface area contributed by atoms with Crippen LogP contribution in [-0.2, 0) is 20.8 Å². The molecule has 0 radical (unpaired) electrons. The molecule has 3 nitrogen and oxygen atoms in total. The summed E-state index contributed by atoms with van der Waals surface area (Å²) in [6.07, 6.45) is 1.60. The fourth-order valence-corrected chi connectivity index (χ4v) is 3.53. The van der Waals surface area contributed by atoms with E-state index in [4.69, 9.17) is 0 Å². The van der Waals surface area contributed by atoms with Crippen molar-refractivity contribution in [3.63, 3.8) is 0 Å². The molecule has 0 aromatic heterocycles. The van der Waals surface area contributed by atoms with E-state index in [-0.39, 0.29) is 22.8 Å². The van der Waals surface area contributed by atoms with Gasteiger partial charge < -0.3 is 0 Å². The van der Waals surface area contributed by atoms with Gasteiger partial charge in [0.05, 0.1) is 0 Å². The Kier molecular flexibility index (Phi) is 5.42. The number of ketones is 3. The van der Waals surface area contributed by atoms with E-state index in [1.165, 1.54) is 5.56 Å². The molecule has 3 heteroatoms. The minimum Gasteiger partial charge on any atom is -0.298 e. The summed E-state index contributed by atoms with van der Waals surface area (Å²) >= 11 is 0. The molecule has 0 bridgehead atoms. The Balaban J connectivity index is 2.14. The van der Waals surface area contributed by atoms with E-state index in [1.54, 1.807) is 6.92 Å². The Hall–Kier alpha value is -1.77. The van der Waals surface area contributed by atoms with Crippen LogP contribution in [0.4, 0.5) is 0 Å². The molecular formula is C21H28O3. The van der Waals surface area contributed by atoms with E-state index in [1.807, 2.05) is 38.1 Å². The monoisotopic (exact) mass is 328 g/mol. The predicted octanol–water partition coefficient (Wildman–Crippen LogP) is 4.13. The van der Waals surface area contributed by atoms with Crippen LogP contribution in [0, 0.1) is 17.3 Å². The van der Waals surface area contributed by atoms with Crippen LogP contribution in [0.1, 0.15) is 64.5 Å². The van der Waals surface area contributed by atoms with Crippen LogP contribution in [0.2, 0.25) is 0 Å². The maximum absolute atomic E-state index is 12.8. The molecule has 0 aliphatic heterocycles. The first-order valence-electron chi connectivity index (χ1n) is 8.79. The van der Waals surface area contributed by atoms with Gasteiger partial charge in [0.1, 0.15) is 5.92 Å². The molecule has 0 saturated heterocycles. The van der Waals surface area contributed by atoms with Gasteiger partial charge in [0, 0.05) is 18.8 Å². The second-order valence-electron chi connectivity index (χ2n) is 8.35. The molecule has 1 aliphatic carbocycles. The van der Waals surface area contributed by atoms with Crippen LogP contribution >= 0.6 is 0 Å². The lowest BCUT2D eigenvalue weighted by atomic mass is 9.68. The molecule has 0 heterocycles. The van der Waals surface area contributed by atoms with Gasteiger partial charge in [-0.1, -0.05) is 58.9 Å². The zero-order chi connectivity index (χ0) is 18.1. The molecule has 0 N–H and O–H groups in total. The topological polar surface area (TPSA) is 51.2 Å². The van der Waals surface area contributed by atoms with Gasteiger partial charge in [-0.05, 0) is 28.9 Å². The minimum atomic E-state index is -1.07. The zero-order valence-corrected chi connectivity index (χ0v) is 15.4. The highest BCUT2D eigenvalue weighted by molar-refractivity contribution is 6.22. The van der Waals surface area contributed by atoms with Crippen LogP contribution in [-0.4, -0.2) is 17.3 Å². The van der Waals surface area contributed by atoms with Crippen molar-refractivity contribution in [1.29, 1.82) is 0 Å². The van der Waals surface area contributed by atoms with E-state index in [2.05, 4.69) is 13.8 Å². The minimum absolute atomic E-state index is 0.218. The molecule has 1 saturated carbocycles. The van der Waals surface area contributed by atoms with Gasteiger partial charge in [-0.15, -0.1) is 0 Å². The average Bonchev–Trinajstić information content (AvgIpc) is 2.44. The van der Waals surface area contributed by atoms with E-state index in [0.717, 1.165) is 12.0 Å². The third-order valence-corrected chi connectivity index (χ3v) is 4.78. The summed E-state index contributed by atoms with van der Waals surface area (Å²) in [5, 5.41) is 0. The number of hydrogen-bond donors (Lipinski definition) is 0. The summed E-state index contributed by atoms with van der Waals surface area (Å²) in [5.41, 5.74) is 1.78. The number of rotatable bonds is 5. The summed E-state index contributed by atoms with van der Waals surface area (Å²) in [6, 6.07) is 7.96. The number of Topliss-reactive ketones (excluding diaryl/α,β-unsaturated/α-hetero) is 3. The van der Waals surface area contributed by atoms with E-state index in [9.17, 15) is 14.4 Å². The Morgan fingerprint density at radius 1 is 1.04 bits per heavy atom. The van der Waals surface area contributed by atoms with Gasteiger partial charge in [0.15, 0.2) is 17.3 Å². The lowest BCUT2D eigenvalue weighted by Crippen LogP contribution is -2.43. The summed E-state index contributed by atoms with van der Waals surface area (Å²) in [7, 11) is 0. The van der Waals surface area contributed by atoms with E-state index in [0.29, 0.717) is 18.8 Å². The smallest absolute Gasteiger partial charge is 0.157 e. The molecule has 2 rings (SSSR count). The van der Waals surface area contributed by atoms with Crippen LogP contribution in [0.15, 0.2) is 24.3 Å². The first-order chi connectivity index (χ1) is 11.1. The molecule has 0 spiro atoms. The molecule has 1 fully saturated rings. The standard InChI is InChI=1S/C21H28O3/c1-13(2)10-15-6-8-16(9-7-15)14(3)20(24)19-17(22)11-21(4,5)12-18(19)23/h6-9,13-14,19H,10-12H2,1-5H3/t14-/m0/s1. The fourth-order valence-electron chi connectivity index (χ4n) is 3.53. The van der Waals surface area contributed by atoms with Crippen LogP contribution in [0.25, 0.3) is 0 Å². The van der Waals surface area contributed by atoms with Crippen LogP contribution < -0.4 is 0 Å². The molecule has 130 valence electrons. The van der Waals surface area contributed by atoms with Gasteiger partial charge in [0.2, 0.25) is 0 Å². The van der Waals surface area contributed by atoms with E-state index >= 15 is 0 Å². The highest BCUT2D eigenvalue weighted by Gasteiger charge is 2.44. The first kappa shape index (κ1) is 18.6. The lowest BCUT2D eigenvalue weighted by Gasteiger charge is -2.32. The van der Waals surface area contributed by atoms with Crippen molar-refractivity contribution in [3.05, 3.63) is 35.4 Å². The number of benzene rings is 1. The SMILES string of the molecule is CC(C)Cc1ccc([C@H](C)C(=O)C2C(=O)CC(C)(C)CC2=O)cc1. The van der Waals surface area contributed by atoms with Gasteiger partial charge in [-0.25, -0.2) is 0 Å². The molecule has 0 amide bonds. The summed E-state index contributed by atoms with van der Waals surface area (Å²) in [4.78, 5) is 37.4. The number of carbonyl (C=O) groups is 3. The van der Waals surface area contributed by atoms with Crippen LogP contribution in [0.5, 0.6) is 0 Å². The van der Waals surface area contributed by atoms with Crippen molar-refractivity contribution < 1.29 is 14.4 Å². The third-order valence-electron chi connectivity index (χ3n) is 4.78. The fraction of sp³-hybridized carbons (Fsp3) is 0.571. The largest absolute Gasteiger partial charge is 0.298 e. The quantitative estimate of drug-likeness (QED) is 0.764. The normalized spacial score (nSPS) is 19.6. The van der Waals surface area contributed by atoms with Crippen molar-refractivity contribution in [2.24, 2.45) is 17.3 Å². The molecule has 24 heavy (non-hydrogen) atoms. The molecule has 1 aromatic rings. The van der Waals surface area contributed by atoms with Crippen molar-refractivity contribution in [3.8, 4) is 0 Å². The summed E-state index contributed by atoms with van der Waals surface area (Å²) < 4.78 is 0. The van der Waals surface area contributed by atoms with Crippen LogP contribution in [0.3, 0.4) is 0 Å². The van der Waals surface area contributed by atoms with Gasteiger partial charge in [-0.2, -0.15) is 0 Å². The lowest BCUT2D eigenvalue weighted by molar-refractivity contribution is -0.145. The molecule has 1 aromatic carbocycles. The van der Waals surface area contributed by atoms with Gasteiger partial charge in [-0.3, -0.25) is 14.4 Å². The third kappa shape index (κ3) is 4.19. The highest BCUT2D eigenvalue weighted by Crippen LogP contribution is 2.36. The maximum Gasteiger partial charge on any atom is 0.157 e. The zero-order valence-electron chi connectivity index (χ0n) is 15.4. The predicted molar refractivity (Wildman–Crippen MR) is 94.9 cm³/mol. The van der Waals surface area contributed by atoms with E-state index < -0.39 is 11.8 Å². The summed E-state index contributed by atoms with van der Waals surface area (Å²) in [6.45, 7) is 9.94. The van der Waals surface area contributed by atoms with Crippen molar-refractivity contribution in [2.75, 3.05) is 0 Å². The molecule has 0 unspecified atom stereocenters. The Bertz CT molecular complexity index is 618. The van der Waals surface area contributed by atoms with Gasteiger partial charge in [0.25, 0.3) is 0 Å².